The molecule has 31 heavy (non-hydrogen) atoms. The van der Waals surface area contributed by atoms with Gasteiger partial charge in [0.15, 0.2) is 0 Å². The molecule has 0 saturated heterocycles. The van der Waals surface area contributed by atoms with Crippen LogP contribution in [0.15, 0.2) is 49.2 Å². The molecule has 0 atom stereocenters. The molecule has 0 bridgehead atoms. The molecule has 0 aliphatic rings. The Kier molecular flexibility index (Phi) is 11.8. The molecule has 1 aromatic carbocycles. The molecule has 0 amide bonds. The highest BCUT2D eigenvalue weighted by molar-refractivity contribution is 6.74. The van der Waals surface area contributed by atoms with Crippen LogP contribution in [-0.4, -0.2) is 45.4 Å². The van der Waals surface area contributed by atoms with E-state index in [2.05, 4.69) is 115 Å². The van der Waals surface area contributed by atoms with Crippen LogP contribution in [0.1, 0.15) is 53.4 Å². The van der Waals surface area contributed by atoms with Gasteiger partial charge in [-0.2, -0.15) is 0 Å². The van der Waals surface area contributed by atoms with Crippen LogP contribution in [0.25, 0.3) is 0 Å². The van der Waals surface area contributed by atoms with Gasteiger partial charge in [0, 0.05) is 5.69 Å². The van der Waals surface area contributed by atoms with Crippen LogP contribution in [0.4, 0.5) is 11.6 Å². The lowest BCUT2D eigenvalue weighted by molar-refractivity contribution is 0.352. The van der Waals surface area contributed by atoms with Crippen molar-refractivity contribution in [3.63, 3.8) is 0 Å². The van der Waals surface area contributed by atoms with Gasteiger partial charge in [0.2, 0.25) is 5.95 Å². The van der Waals surface area contributed by atoms with Gasteiger partial charge in [0.1, 0.15) is 0 Å². The fourth-order valence-electron chi connectivity index (χ4n) is 3.30. The first kappa shape index (κ1) is 26.5. The molecule has 1 aromatic heterocycles. The zero-order chi connectivity index (χ0) is 23.3. The molecule has 0 spiro atoms. The van der Waals surface area contributed by atoms with Gasteiger partial charge in [0.05, 0.1) is 5.54 Å². The number of nitrogens with zero attached hydrogens (tertiary/aromatic N) is 5. The number of tetrazole rings is 1. The second-order valence-corrected chi connectivity index (χ2v) is 8.64. The first-order valence-electron chi connectivity index (χ1n) is 11.2. The molecule has 2 N–H and O–H groups in total. The van der Waals surface area contributed by atoms with Crippen LogP contribution in [0.3, 0.4) is 0 Å². The Morgan fingerprint density at radius 1 is 1.03 bits per heavy atom. The summed E-state index contributed by atoms with van der Waals surface area (Å²) in [6.45, 7) is 20.4. The van der Waals surface area contributed by atoms with Gasteiger partial charge in [-0.3, -0.25) is 0 Å². The molecule has 0 radical (unpaired) electrons. The Morgan fingerprint density at radius 3 is 2.23 bits per heavy atom. The molecule has 0 fully saturated rings. The topological polar surface area (TPSA) is 70.9 Å². The van der Waals surface area contributed by atoms with Gasteiger partial charge in [-0.25, -0.2) is 4.68 Å². The normalized spacial score (nSPS) is 10.7. The average Bonchev–Trinajstić information content (AvgIpc) is 3.18. The summed E-state index contributed by atoms with van der Waals surface area (Å²) >= 11 is 0. The molecular weight excluding hydrogens is 384 g/mol. The van der Waals surface area contributed by atoms with Crippen molar-refractivity contribution in [1.29, 1.82) is 0 Å². The first-order chi connectivity index (χ1) is 14.7. The molecule has 0 saturated carbocycles. The van der Waals surface area contributed by atoms with E-state index in [1.165, 1.54) is 25.7 Å². The minimum Gasteiger partial charge on any atom is -0.415 e. The molecule has 0 aliphatic carbocycles. The van der Waals surface area contributed by atoms with Gasteiger partial charge >= 0.3 is 14.0 Å². The summed E-state index contributed by atoms with van der Waals surface area (Å²) in [6, 6.07) is 10.3. The molecular formula is C22H39B2N7. The summed E-state index contributed by atoms with van der Waals surface area (Å²) in [5, 5.41) is 19.4. The number of aromatic nitrogens is 4. The van der Waals surface area contributed by atoms with Crippen LogP contribution in [0, 0.1) is 0 Å². The Bertz CT molecular complexity index is 768. The van der Waals surface area contributed by atoms with Gasteiger partial charge in [-0.1, -0.05) is 76.3 Å². The summed E-state index contributed by atoms with van der Waals surface area (Å²) < 4.78 is 4.28. The number of rotatable bonds is 11. The fraction of sp³-hybridized carbons (Fsp3) is 0.545. The van der Waals surface area contributed by atoms with Crippen LogP contribution in [0.2, 0.25) is 13.6 Å². The largest absolute Gasteiger partial charge is 0.415 e. The maximum absolute atomic E-state index is 4.20. The van der Waals surface area contributed by atoms with Crippen molar-refractivity contribution in [3.05, 3.63) is 49.2 Å². The summed E-state index contributed by atoms with van der Waals surface area (Å²) in [4.78, 5) is 0. The lowest BCUT2D eigenvalue weighted by Crippen LogP contribution is -2.55. The zero-order valence-corrected chi connectivity index (χ0v) is 20.2. The van der Waals surface area contributed by atoms with Crippen molar-refractivity contribution in [2.75, 3.05) is 17.0 Å². The van der Waals surface area contributed by atoms with Crippen molar-refractivity contribution in [1.82, 2.24) is 24.9 Å². The lowest BCUT2D eigenvalue weighted by Gasteiger charge is -2.32. The van der Waals surface area contributed by atoms with E-state index < -0.39 is 0 Å². The summed E-state index contributed by atoms with van der Waals surface area (Å²) in [6.07, 6.45) is 4.94. The summed E-state index contributed by atoms with van der Waals surface area (Å²) in [7, 11) is 0. The van der Waals surface area contributed by atoms with Crippen LogP contribution < -0.4 is 10.5 Å². The van der Waals surface area contributed by atoms with Gasteiger partial charge in [0.25, 0.3) is 0 Å². The van der Waals surface area contributed by atoms with Crippen molar-refractivity contribution in [2.45, 2.75) is 72.6 Å². The van der Waals surface area contributed by atoms with Gasteiger partial charge in [-0.05, 0) is 56.3 Å². The standard InChI is InChI=1S/C19H35B2N7.C3H4/c1-7-8-9-13-16-27(20(5)22-17-14-11-10-12-15-17)21(6)23-18-24-25-26-28(18)19(2,3)4;1-3-2/h10-12,14-15,22H,7-9,13,16H2,1-6H3,(H,23,24,26);1-2H2. The highest BCUT2D eigenvalue weighted by atomic mass is 15.6. The summed E-state index contributed by atoms with van der Waals surface area (Å²) in [5.74, 6) is 0.700. The number of para-hydroxylation sites is 1. The quantitative estimate of drug-likeness (QED) is 0.300. The van der Waals surface area contributed by atoms with E-state index in [9.17, 15) is 0 Å². The van der Waals surface area contributed by atoms with E-state index >= 15 is 0 Å². The van der Waals surface area contributed by atoms with Crippen LogP contribution in [-0.2, 0) is 5.54 Å². The zero-order valence-electron chi connectivity index (χ0n) is 20.2. The molecule has 2 aromatic rings. The molecule has 168 valence electrons. The van der Waals surface area contributed by atoms with E-state index in [1.807, 2.05) is 10.7 Å². The van der Waals surface area contributed by atoms with Gasteiger partial charge < -0.3 is 15.2 Å². The highest BCUT2D eigenvalue weighted by Gasteiger charge is 2.29. The second kappa shape index (κ2) is 13.7. The third-order valence-electron chi connectivity index (χ3n) is 4.86. The predicted octanol–water partition coefficient (Wildman–Crippen LogP) is 5.03. The smallest absolute Gasteiger partial charge is 0.329 e. The molecule has 9 heteroatoms. The Hall–Kier alpha value is -2.50. The number of anilines is 2. The number of nitrogens with one attached hydrogen (secondary N) is 2. The van der Waals surface area contributed by atoms with Crippen LogP contribution >= 0.6 is 0 Å². The van der Waals surface area contributed by atoms with E-state index in [0.717, 1.165) is 12.2 Å². The minimum atomic E-state index is -0.175. The monoisotopic (exact) mass is 423 g/mol. The van der Waals surface area contributed by atoms with E-state index in [1.54, 1.807) is 0 Å². The average molecular weight is 423 g/mol. The third kappa shape index (κ3) is 9.45. The van der Waals surface area contributed by atoms with Crippen LogP contribution in [0.5, 0.6) is 0 Å². The molecule has 2 rings (SSSR count). The Labute approximate surface area is 189 Å². The number of hydrogen-bond acceptors (Lipinski definition) is 6. The number of benzene rings is 1. The maximum atomic E-state index is 4.20. The highest BCUT2D eigenvalue weighted by Crippen LogP contribution is 2.18. The minimum absolute atomic E-state index is 0.0833. The van der Waals surface area contributed by atoms with Crippen molar-refractivity contribution >= 4 is 25.6 Å². The van der Waals surface area contributed by atoms with E-state index in [4.69, 9.17) is 0 Å². The van der Waals surface area contributed by atoms with Gasteiger partial charge in [-0.15, -0.1) is 5.73 Å². The van der Waals surface area contributed by atoms with Crippen molar-refractivity contribution < 1.29 is 0 Å². The van der Waals surface area contributed by atoms with E-state index in [-0.39, 0.29) is 19.5 Å². The molecule has 0 unspecified atom stereocenters. The SMILES string of the molecule is C=C=C.CCCCCCN(B(C)Nc1ccccc1)B(C)Nc1nnnn1C(C)(C)C. The maximum Gasteiger partial charge on any atom is 0.329 e. The Morgan fingerprint density at radius 2 is 1.65 bits per heavy atom. The molecule has 7 nitrogen and oxygen atoms in total. The predicted molar refractivity (Wildman–Crippen MR) is 135 cm³/mol. The third-order valence-corrected chi connectivity index (χ3v) is 4.86. The first-order valence-corrected chi connectivity index (χ1v) is 11.2. The second-order valence-electron chi connectivity index (χ2n) is 8.64. The lowest BCUT2D eigenvalue weighted by atomic mass is 9.62. The van der Waals surface area contributed by atoms with Crippen molar-refractivity contribution in [3.8, 4) is 0 Å². The Balaban J connectivity index is 0.00000151. The van der Waals surface area contributed by atoms with E-state index in [0.29, 0.717) is 5.95 Å². The fourth-order valence-corrected chi connectivity index (χ4v) is 3.30. The number of hydrogen-bond donors (Lipinski definition) is 2. The number of unbranched alkanes of at least 4 members (excludes halogenated alkanes) is 3. The molecule has 1 heterocycles. The summed E-state index contributed by atoms with van der Waals surface area (Å²) in [5.41, 5.74) is 3.20. The molecule has 0 aliphatic heterocycles. The van der Waals surface area contributed by atoms with Crippen molar-refractivity contribution in [2.24, 2.45) is 0 Å².